The van der Waals surface area contributed by atoms with Gasteiger partial charge in [-0.2, -0.15) is 0 Å². The summed E-state index contributed by atoms with van der Waals surface area (Å²) in [5, 5.41) is 0. The van der Waals surface area contributed by atoms with Crippen LogP contribution in [0.15, 0.2) is 6.20 Å². The zero-order valence-corrected chi connectivity index (χ0v) is 8.60. The van der Waals surface area contributed by atoms with Crippen LogP contribution in [0.3, 0.4) is 0 Å². The average molecular weight is 163 g/mol. The van der Waals surface area contributed by atoms with Gasteiger partial charge in [0, 0.05) is 11.9 Å². The van der Waals surface area contributed by atoms with Crippen LogP contribution in [-0.4, -0.2) is 4.98 Å². The third-order valence-electron chi connectivity index (χ3n) is 2.41. The van der Waals surface area contributed by atoms with Gasteiger partial charge in [-0.3, -0.25) is 4.98 Å². The normalized spacial score (nSPS) is 10.8. The number of aryl methyl sites for hydroxylation is 2. The Morgan fingerprint density at radius 2 is 1.75 bits per heavy atom. The molecule has 1 nitrogen and oxygen atoms in total. The summed E-state index contributed by atoms with van der Waals surface area (Å²) < 4.78 is 0. The zero-order valence-electron chi connectivity index (χ0n) is 8.60. The summed E-state index contributed by atoms with van der Waals surface area (Å²) in [6, 6.07) is 0. The zero-order chi connectivity index (χ0) is 9.30. The molecule has 0 fully saturated rings. The molecule has 0 aliphatic heterocycles. The number of pyridine rings is 1. The van der Waals surface area contributed by atoms with Crippen LogP contribution in [-0.2, 0) is 0 Å². The van der Waals surface area contributed by atoms with E-state index in [4.69, 9.17) is 0 Å². The molecule has 0 N–H and O–H groups in total. The molecular formula is C11H17N. The van der Waals surface area contributed by atoms with E-state index in [0.717, 1.165) is 0 Å². The van der Waals surface area contributed by atoms with E-state index in [2.05, 4.69) is 39.6 Å². The van der Waals surface area contributed by atoms with Crippen LogP contribution < -0.4 is 0 Å². The molecule has 0 spiro atoms. The van der Waals surface area contributed by atoms with Crippen LogP contribution >= 0.6 is 0 Å². The second kappa shape index (κ2) is 3.26. The summed E-state index contributed by atoms with van der Waals surface area (Å²) in [4.78, 5) is 4.36. The second-order valence-corrected chi connectivity index (χ2v) is 3.72. The van der Waals surface area contributed by atoms with Gasteiger partial charge in [0.1, 0.15) is 0 Å². The monoisotopic (exact) mass is 163 g/mol. The fourth-order valence-electron chi connectivity index (χ4n) is 1.69. The van der Waals surface area contributed by atoms with E-state index >= 15 is 0 Å². The Bertz CT molecular complexity index is 287. The summed E-state index contributed by atoms with van der Waals surface area (Å²) in [5.41, 5.74) is 5.28. The summed E-state index contributed by atoms with van der Waals surface area (Å²) in [5.74, 6) is 0.581. The summed E-state index contributed by atoms with van der Waals surface area (Å²) in [6.45, 7) is 10.8. The average Bonchev–Trinajstić information content (AvgIpc) is 1.97. The van der Waals surface area contributed by atoms with Crippen LogP contribution in [0.5, 0.6) is 0 Å². The summed E-state index contributed by atoms with van der Waals surface area (Å²) >= 11 is 0. The fraction of sp³-hybridized carbons (Fsp3) is 0.545. The molecule has 0 aliphatic carbocycles. The lowest BCUT2D eigenvalue weighted by Crippen LogP contribution is -2.00. The van der Waals surface area contributed by atoms with Gasteiger partial charge >= 0.3 is 0 Å². The SMILES string of the molecule is Cc1cnc(C)c(C(C)C)c1C. The molecule has 12 heavy (non-hydrogen) atoms. The molecule has 1 aromatic rings. The third kappa shape index (κ3) is 1.50. The largest absolute Gasteiger partial charge is 0.261 e. The quantitative estimate of drug-likeness (QED) is 0.619. The van der Waals surface area contributed by atoms with Crippen LogP contribution in [0.25, 0.3) is 0 Å². The number of hydrogen-bond acceptors (Lipinski definition) is 1. The predicted octanol–water partition coefficient (Wildman–Crippen LogP) is 3.13. The molecule has 1 heterocycles. The second-order valence-electron chi connectivity index (χ2n) is 3.72. The molecule has 0 saturated heterocycles. The Labute approximate surface area is 74.8 Å². The molecule has 0 radical (unpaired) electrons. The smallest absolute Gasteiger partial charge is 0.0410 e. The maximum Gasteiger partial charge on any atom is 0.0410 e. The van der Waals surface area contributed by atoms with Crippen LogP contribution in [0.4, 0.5) is 0 Å². The Morgan fingerprint density at radius 3 is 2.17 bits per heavy atom. The molecule has 66 valence electrons. The van der Waals surface area contributed by atoms with E-state index in [0.29, 0.717) is 5.92 Å². The van der Waals surface area contributed by atoms with Gasteiger partial charge in [0.25, 0.3) is 0 Å². The van der Waals surface area contributed by atoms with Crippen molar-refractivity contribution in [1.82, 2.24) is 4.98 Å². The first-order valence-corrected chi connectivity index (χ1v) is 4.46. The maximum atomic E-state index is 4.36. The van der Waals surface area contributed by atoms with Crippen molar-refractivity contribution in [2.75, 3.05) is 0 Å². The highest BCUT2D eigenvalue weighted by atomic mass is 14.7. The molecule has 0 aromatic carbocycles. The molecule has 0 amide bonds. The fourth-order valence-corrected chi connectivity index (χ4v) is 1.69. The molecular weight excluding hydrogens is 146 g/mol. The minimum Gasteiger partial charge on any atom is -0.261 e. The van der Waals surface area contributed by atoms with Crippen molar-refractivity contribution in [3.8, 4) is 0 Å². The van der Waals surface area contributed by atoms with Crippen LogP contribution in [0.1, 0.15) is 42.1 Å². The van der Waals surface area contributed by atoms with Crippen molar-refractivity contribution in [2.24, 2.45) is 0 Å². The van der Waals surface area contributed by atoms with Crippen molar-refractivity contribution < 1.29 is 0 Å². The molecule has 0 saturated carbocycles. The highest BCUT2D eigenvalue weighted by molar-refractivity contribution is 5.36. The van der Waals surface area contributed by atoms with E-state index in [1.165, 1.54) is 22.4 Å². The van der Waals surface area contributed by atoms with Gasteiger partial charge in [0.15, 0.2) is 0 Å². The number of hydrogen-bond donors (Lipinski definition) is 0. The Balaban J connectivity index is 3.33. The standard InChI is InChI=1S/C11H17N/c1-7(2)11-9(4)8(3)6-12-10(11)5/h6-7H,1-5H3. The van der Waals surface area contributed by atoms with E-state index < -0.39 is 0 Å². The molecule has 0 atom stereocenters. The van der Waals surface area contributed by atoms with Gasteiger partial charge in [0.2, 0.25) is 0 Å². The Kier molecular flexibility index (Phi) is 2.51. The van der Waals surface area contributed by atoms with Gasteiger partial charge < -0.3 is 0 Å². The van der Waals surface area contributed by atoms with Gasteiger partial charge in [0.05, 0.1) is 0 Å². The highest BCUT2D eigenvalue weighted by Crippen LogP contribution is 2.23. The molecule has 1 heteroatoms. The molecule has 1 aromatic heterocycles. The van der Waals surface area contributed by atoms with E-state index in [1.807, 2.05) is 6.20 Å². The van der Waals surface area contributed by atoms with Gasteiger partial charge in [-0.05, 0) is 43.4 Å². The summed E-state index contributed by atoms with van der Waals surface area (Å²) in [6.07, 6.45) is 1.95. The number of rotatable bonds is 1. The van der Waals surface area contributed by atoms with Gasteiger partial charge in [-0.25, -0.2) is 0 Å². The van der Waals surface area contributed by atoms with Gasteiger partial charge in [-0.15, -0.1) is 0 Å². The minimum absolute atomic E-state index is 0.581. The first-order valence-electron chi connectivity index (χ1n) is 4.46. The topological polar surface area (TPSA) is 12.9 Å². The lowest BCUT2D eigenvalue weighted by atomic mass is 9.94. The summed E-state index contributed by atoms with van der Waals surface area (Å²) in [7, 11) is 0. The van der Waals surface area contributed by atoms with Crippen molar-refractivity contribution in [2.45, 2.75) is 40.5 Å². The van der Waals surface area contributed by atoms with E-state index in [1.54, 1.807) is 0 Å². The van der Waals surface area contributed by atoms with Crippen molar-refractivity contribution in [3.63, 3.8) is 0 Å². The lowest BCUT2D eigenvalue weighted by Gasteiger charge is -2.14. The van der Waals surface area contributed by atoms with Crippen LogP contribution in [0, 0.1) is 20.8 Å². The van der Waals surface area contributed by atoms with Crippen molar-refractivity contribution in [1.29, 1.82) is 0 Å². The molecule has 0 bridgehead atoms. The number of aromatic nitrogens is 1. The van der Waals surface area contributed by atoms with Crippen molar-refractivity contribution in [3.05, 3.63) is 28.6 Å². The third-order valence-corrected chi connectivity index (χ3v) is 2.41. The minimum atomic E-state index is 0.581. The van der Waals surface area contributed by atoms with Crippen molar-refractivity contribution >= 4 is 0 Å². The van der Waals surface area contributed by atoms with Gasteiger partial charge in [-0.1, -0.05) is 13.8 Å². The molecule has 1 rings (SSSR count). The number of nitrogens with zero attached hydrogens (tertiary/aromatic N) is 1. The predicted molar refractivity (Wildman–Crippen MR) is 52.5 cm³/mol. The van der Waals surface area contributed by atoms with E-state index in [-0.39, 0.29) is 0 Å². The Hall–Kier alpha value is -0.850. The first-order chi connectivity index (χ1) is 5.54. The molecule has 0 aliphatic rings. The first kappa shape index (κ1) is 9.24. The lowest BCUT2D eigenvalue weighted by molar-refractivity contribution is 0.827. The maximum absolute atomic E-state index is 4.36. The molecule has 0 unspecified atom stereocenters. The Morgan fingerprint density at radius 1 is 1.17 bits per heavy atom. The van der Waals surface area contributed by atoms with Crippen LogP contribution in [0.2, 0.25) is 0 Å². The highest BCUT2D eigenvalue weighted by Gasteiger charge is 2.08. The van der Waals surface area contributed by atoms with E-state index in [9.17, 15) is 0 Å².